The minimum atomic E-state index is -0.338. The molecule has 3 aromatic rings. The topological polar surface area (TPSA) is 76.7 Å². The van der Waals surface area contributed by atoms with Crippen molar-refractivity contribution >= 4 is 35.0 Å². The molecule has 0 radical (unpaired) electrons. The van der Waals surface area contributed by atoms with Gasteiger partial charge in [0.25, 0.3) is 5.91 Å². The number of nitrogens with one attached hydrogen (secondary N) is 2. The van der Waals surface area contributed by atoms with Crippen LogP contribution in [-0.2, 0) is 4.79 Å². The van der Waals surface area contributed by atoms with Crippen molar-refractivity contribution in [1.82, 2.24) is 0 Å². The number of benzene rings is 3. The largest absolute Gasteiger partial charge is 0.497 e. The Kier molecular flexibility index (Phi) is 7.78. The molecule has 0 spiro atoms. The van der Waals surface area contributed by atoms with Crippen LogP contribution in [0, 0.1) is 6.92 Å². The van der Waals surface area contributed by atoms with E-state index in [-0.39, 0.29) is 17.1 Å². The predicted octanol–water partition coefficient (Wildman–Crippen LogP) is 5.38. The van der Waals surface area contributed by atoms with Crippen LogP contribution in [0.2, 0.25) is 0 Å². The van der Waals surface area contributed by atoms with Gasteiger partial charge in [0.1, 0.15) is 11.5 Å². The third kappa shape index (κ3) is 6.04. The lowest BCUT2D eigenvalue weighted by molar-refractivity contribution is -0.115. The average molecular weight is 451 g/mol. The summed E-state index contributed by atoms with van der Waals surface area (Å²) in [5.74, 6) is 0.881. The van der Waals surface area contributed by atoms with Gasteiger partial charge in [-0.2, -0.15) is 0 Å². The van der Waals surface area contributed by atoms with Crippen LogP contribution >= 0.6 is 11.8 Å². The van der Waals surface area contributed by atoms with Crippen LogP contribution < -0.4 is 20.1 Å². The lowest BCUT2D eigenvalue weighted by atomic mass is 10.1. The van der Waals surface area contributed by atoms with Crippen molar-refractivity contribution in [3.8, 4) is 11.5 Å². The minimum Gasteiger partial charge on any atom is -0.497 e. The van der Waals surface area contributed by atoms with E-state index in [1.54, 1.807) is 38.5 Å². The number of carbonyl (C=O) groups is 2. The first kappa shape index (κ1) is 23.2. The molecule has 2 amide bonds. The zero-order valence-electron chi connectivity index (χ0n) is 18.5. The summed E-state index contributed by atoms with van der Waals surface area (Å²) in [7, 11) is 3.12. The summed E-state index contributed by atoms with van der Waals surface area (Å²) in [4.78, 5) is 26.0. The van der Waals surface area contributed by atoms with Crippen molar-refractivity contribution in [2.45, 2.75) is 24.0 Å². The molecule has 1 unspecified atom stereocenters. The molecule has 0 saturated carbocycles. The second-order valence-corrected chi connectivity index (χ2v) is 8.58. The van der Waals surface area contributed by atoms with Crippen molar-refractivity contribution < 1.29 is 19.1 Å². The molecule has 0 aliphatic carbocycles. The highest BCUT2D eigenvalue weighted by molar-refractivity contribution is 8.00. The van der Waals surface area contributed by atoms with Gasteiger partial charge in [-0.25, -0.2) is 0 Å². The Labute approximate surface area is 192 Å². The maximum absolute atomic E-state index is 12.7. The molecule has 0 aromatic heterocycles. The highest BCUT2D eigenvalue weighted by atomic mass is 32.2. The quantitative estimate of drug-likeness (QED) is 0.451. The molecule has 0 aliphatic rings. The Bertz CT molecular complexity index is 1100. The molecule has 2 N–H and O–H groups in total. The highest BCUT2D eigenvalue weighted by Gasteiger charge is 2.17. The van der Waals surface area contributed by atoms with E-state index in [9.17, 15) is 9.59 Å². The SMILES string of the molecule is COc1ccc(NC(=O)C(C)Sc2ccc(NC(=O)c3cccc(C)c3)cc2)c(OC)c1. The first-order valence-corrected chi connectivity index (χ1v) is 10.9. The highest BCUT2D eigenvalue weighted by Crippen LogP contribution is 2.31. The van der Waals surface area contributed by atoms with E-state index in [4.69, 9.17) is 9.47 Å². The number of carbonyl (C=O) groups excluding carboxylic acids is 2. The van der Waals surface area contributed by atoms with E-state index in [0.717, 1.165) is 10.5 Å². The molecule has 0 saturated heterocycles. The number of thioether (sulfide) groups is 1. The molecule has 0 aliphatic heterocycles. The fourth-order valence-electron chi connectivity index (χ4n) is 3.00. The molecule has 0 fully saturated rings. The first-order chi connectivity index (χ1) is 15.4. The van der Waals surface area contributed by atoms with E-state index in [1.807, 2.05) is 56.3 Å². The van der Waals surface area contributed by atoms with Crippen LogP contribution in [0.3, 0.4) is 0 Å². The first-order valence-electron chi connectivity index (χ1n) is 10.1. The maximum atomic E-state index is 12.7. The van der Waals surface area contributed by atoms with Gasteiger partial charge in [0.2, 0.25) is 5.91 Å². The summed E-state index contributed by atoms with van der Waals surface area (Å²) in [5.41, 5.74) is 2.92. The van der Waals surface area contributed by atoms with Gasteiger partial charge in [0.05, 0.1) is 25.2 Å². The third-order valence-electron chi connectivity index (χ3n) is 4.74. The zero-order chi connectivity index (χ0) is 23.1. The molecule has 0 bridgehead atoms. The minimum absolute atomic E-state index is 0.143. The fourth-order valence-corrected chi connectivity index (χ4v) is 3.87. The lowest BCUT2D eigenvalue weighted by Gasteiger charge is -2.15. The van der Waals surface area contributed by atoms with Crippen molar-refractivity contribution in [3.63, 3.8) is 0 Å². The monoisotopic (exact) mass is 450 g/mol. The van der Waals surface area contributed by atoms with Crippen molar-refractivity contribution in [3.05, 3.63) is 77.9 Å². The Morgan fingerprint density at radius 1 is 0.906 bits per heavy atom. The fraction of sp³-hybridized carbons (Fsp3) is 0.200. The second-order valence-electron chi connectivity index (χ2n) is 7.16. The summed E-state index contributed by atoms with van der Waals surface area (Å²) < 4.78 is 10.5. The van der Waals surface area contributed by atoms with Crippen molar-refractivity contribution in [1.29, 1.82) is 0 Å². The van der Waals surface area contributed by atoms with Crippen molar-refractivity contribution in [2.24, 2.45) is 0 Å². The molecular formula is C25H26N2O4S. The summed E-state index contributed by atoms with van der Waals surface area (Å²) in [6, 6.07) is 20.1. The smallest absolute Gasteiger partial charge is 0.255 e. The van der Waals surface area contributed by atoms with Crippen molar-refractivity contribution in [2.75, 3.05) is 24.9 Å². The average Bonchev–Trinajstić information content (AvgIpc) is 2.80. The van der Waals surface area contributed by atoms with Gasteiger partial charge in [-0.05, 0) is 62.4 Å². The van der Waals surface area contributed by atoms with Crippen LogP contribution in [0.25, 0.3) is 0 Å². The van der Waals surface area contributed by atoms with E-state index in [2.05, 4.69) is 10.6 Å². The van der Waals surface area contributed by atoms with Gasteiger partial charge < -0.3 is 20.1 Å². The van der Waals surface area contributed by atoms with Crippen LogP contribution in [-0.4, -0.2) is 31.3 Å². The van der Waals surface area contributed by atoms with E-state index in [0.29, 0.717) is 28.4 Å². The Morgan fingerprint density at radius 2 is 1.66 bits per heavy atom. The van der Waals surface area contributed by atoms with Gasteiger partial charge in [0, 0.05) is 22.2 Å². The van der Waals surface area contributed by atoms with E-state index >= 15 is 0 Å². The molecule has 0 heterocycles. The van der Waals surface area contributed by atoms with Crippen LogP contribution in [0.5, 0.6) is 11.5 Å². The Balaban J connectivity index is 1.59. The summed E-state index contributed by atoms with van der Waals surface area (Å²) in [6.07, 6.45) is 0. The lowest BCUT2D eigenvalue weighted by Crippen LogP contribution is -2.22. The maximum Gasteiger partial charge on any atom is 0.255 e. The number of aryl methyl sites for hydroxylation is 1. The Morgan fingerprint density at radius 3 is 2.31 bits per heavy atom. The van der Waals surface area contributed by atoms with Gasteiger partial charge in [-0.15, -0.1) is 11.8 Å². The number of rotatable bonds is 8. The van der Waals surface area contributed by atoms with Crippen LogP contribution in [0.15, 0.2) is 71.6 Å². The number of amides is 2. The third-order valence-corrected chi connectivity index (χ3v) is 5.85. The van der Waals surface area contributed by atoms with Crippen LogP contribution in [0.1, 0.15) is 22.8 Å². The molecule has 3 aromatic carbocycles. The predicted molar refractivity (Wildman–Crippen MR) is 129 cm³/mol. The molecule has 166 valence electrons. The molecule has 32 heavy (non-hydrogen) atoms. The molecule has 3 rings (SSSR count). The summed E-state index contributed by atoms with van der Waals surface area (Å²) >= 11 is 1.43. The Hall–Kier alpha value is -3.45. The van der Waals surface area contributed by atoms with Crippen LogP contribution in [0.4, 0.5) is 11.4 Å². The molecule has 7 heteroatoms. The number of hydrogen-bond donors (Lipinski definition) is 2. The second kappa shape index (κ2) is 10.7. The molecule has 6 nitrogen and oxygen atoms in total. The number of anilines is 2. The normalized spacial score (nSPS) is 11.4. The summed E-state index contributed by atoms with van der Waals surface area (Å²) in [5, 5.41) is 5.45. The summed E-state index contributed by atoms with van der Waals surface area (Å²) in [6.45, 7) is 3.79. The number of hydrogen-bond acceptors (Lipinski definition) is 5. The molecular weight excluding hydrogens is 424 g/mol. The zero-order valence-corrected chi connectivity index (χ0v) is 19.3. The molecule has 1 atom stereocenters. The number of methoxy groups -OCH3 is 2. The number of ether oxygens (including phenoxy) is 2. The standard InChI is InChI=1S/C25H26N2O4S/c1-16-6-5-7-18(14-16)25(29)26-19-8-11-21(12-9-19)32-17(2)24(28)27-22-13-10-20(30-3)15-23(22)31-4/h5-15,17H,1-4H3,(H,26,29)(H,27,28). The van der Waals surface area contributed by atoms with Gasteiger partial charge in [-0.1, -0.05) is 17.7 Å². The van der Waals surface area contributed by atoms with Gasteiger partial charge >= 0.3 is 0 Å². The van der Waals surface area contributed by atoms with E-state index in [1.165, 1.54) is 11.8 Å². The van der Waals surface area contributed by atoms with E-state index < -0.39 is 0 Å². The van der Waals surface area contributed by atoms with Gasteiger partial charge in [0.15, 0.2) is 0 Å². The van der Waals surface area contributed by atoms with Gasteiger partial charge in [-0.3, -0.25) is 9.59 Å².